The summed E-state index contributed by atoms with van der Waals surface area (Å²) in [5, 5.41) is 22.2. The zero-order valence-corrected chi connectivity index (χ0v) is 11.2. The van der Waals surface area contributed by atoms with Crippen molar-refractivity contribution in [1.82, 2.24) is 10.2 Å². The molecule has 1 rings (SSSR count). The summed E-state index contributed by atoms with van der Waals surface area (Å²) in [4.78, 5) is 2.43. The van der Waals surface area contributed by atoms with E-state index in [1.165, 1.54) is 0 Å². The first kappa shape index (κ1) is 14.9. The molecule has 1 aliphatic rings. The van der Waals surface area contributed by atoms with Crippen molar-refractivity contribution >= 4 is 0 Å². The van der Waals surface area contributed by atoms with E-state index in [0.29, 0.717) is 18.5 Å². The van der Waals surface area contributed by atoms with Crippen LogP contribution in [-0.2, 0) is 0 Å². The van der Waals surface area contributed by atoms with Crippen molar-refractivity contribution in [3.05, 3.63) is 0 Å². The second-order valence-electron chi connectivity index (χ2n) is 5.11. The lowest BCUT2D eigenvalue weighted by Gasteiger charge is -2.39. The van der Waals surface area contributed by atoms with E-state index < -0.39 is 0 Å². The van der Waals surface area contributed by atoms with Crippen molar-refractivity contribution in [3.63, 3.8) is 0 Å². The van der Waals surface area contributed by atoms with Crippen LogP contribution in [0.3, 0.4) is 0 Å². The zero-order valence-electron chi connectivity index (χ0n) is 11.2. The molecule has 0 aliphatic carbocycles. The van der Waals surface area contributed by atoms with Gasteiger partial charge in [-0.1, -0.05) is 13.8 Å². The summed E-state index contributed by atoms with van der Waals surface area (Å²) in [6.07, 6.45) is 2.82. The van der Waals surface area contributed by atoms with Gasteiger partial charge in [0.2, 0.25) is 0 Å². The molecule has 1 aliphatic heterocycles. The van der Waals surface area contributed by atoms with Gasteiger partial charge in [-0.3, -0.25) is 0 Å². The van der Waals surface area contributed by atoms with Gasteiger partial charge in [-0.05, 0) is 31.7 Å². The predicted octanol–water partition coefficient (Wildman–Crippen LogP) is 0.440. The summed E-state index contributed by atoms with van der Waals surface area (Å²) in [5.41, 5.74) is 0. The molecule has 102 valence electrons. The lowest BCUT2D eigenvalue weighted by Crippen LogP contribution is -2.52. The normalized spacial score (nSPS) is 28.2. The average molecular weight is 244 g/mol. The topological polar surface area (TPSA) is 55.7 Å². The van der Waals surface area contributed by atoms with Gasteiger partial charge in [0, 0.05) is 25.7 Å². The second kappa shape index (κ2) is 8.03. The van der Waals surface area contributed by atoms with Crippen molar-refractivity contribution < 1.29 is 10.2 Å². The summed E-state index contributed by atoms with van der Waals surface area (Å²) in [7, 11) is 0. The molecule has 1 heterocycles. The lowest BCUT2D eigenvalue weighted by molar-refractivity contribution is 0.0350. The van der Waals surface area contributed by atoms with Gasteiger partial charge in [-0.2, -0.15) is 0 Å². The minimum atomic E-state index is -0.187. The maximum Gasteiger partial charge on any atom is 0.0578 e. The Balaban J connectivity index is 2.49. The zero-order chi connectivity index (χ0) is 12.7. The highest BCUT2D eigenvalue weighted by Crippen LogP contribution is 2.22. The number of rotatable bonds is 7. The Labute approximate surface area is 105 Å². The highest BCUT2D eigenvalue weighted by molar-refractivity contribution is 4.86. The van der Waals surface area contributed by atoms with Crippen LogP contribution in [0.15, 0.2) is 0 Å². The number of nitrogens with one attached hydrogen (secondary N) is 1. The van der Waals surface area contributed by atoms with Crippen molar-refractivity contribution in [3.8, 4) is 0 Å². The first-order valence-corrected chi connectivity index (χ1v) is 6.95. The largest absolute Gasteiger partial charge is 0.395 e. The highest BCUT2D eigenvalue weighted by Gasteiger charge is 2.29. The number of piperidine rings is 1. The smallest absolute Gasteiger partial charge is 0.0578 e. The number of aliphatic hydroxyl groups is 2. The molecule has 0 spiro atoms. The third kappa shape index (κ3) is 4.92. The van der Waals surface area contributed by atoms with E-state index in [1.54, 1.807) is 0 Å². The van der Waals surface area contributed by atoms with Gasteiger partial charge < -0.3 is 20.4 Å². The molecule has 3 atom stereocenters. The summed E-state index contributed by atoms with van der Waals surface area (Å²) in [5.74, 6) is 0.372. The first-order chi connectivity index (χ1) is 8.21. The predicted molar refractivity (Wildman–Crippen MR) is 70.0 cm³/mol. The molecule has 0 aromatic heterocycles. The molecule has 0 amide bonds. The standard InChI is InChI=1S/C13H28N2O2/c1-3-6-15-9-11(13(17)4-2)8-12(10-15)14-5-7-16/h11-14,16-17H,3-10H2,1-2H3. The Hall–Kier alpha value is -0.160. The van der Waals surface area contributed by atoms with Gasteiger partial charge in [0.1, 0.15) is 0 Å². The molecule has 3 unspecified atom stereocenters. The monoisotopic (exact) mass is 244 g/mol. The van der Waals surface area contributed by atoms with Crippen LogP contribution in [-0.4, -0.2) is 60.0 Å². The third-order valence-electron chi connectivity index (χ3n) is 3.61. The van der Waals surface area contributed by atoms with E-state index in [2.05, 4.69) is 17.1 Å². The SMILES string of the molecule is CCCN1CC(NCCO)CC(C(O)CC)C1. The number of nitrogens with zero attached hydrogens (tertiary/aromatic N) is 1. The van der Waals surface area contributed by atoms with Gasteiger partial charge in [0.05, 0.1) is 12.7 Å². The Bertz CT molecular complexity index is 202. The Kier molecular flexibility index (Phi) is 7.04. The molecule has 0 aromatic carbocycles. The van der Waals surface area contributed by atoms with Crippen molar-refractivity contribution in [2.75, 3.05) is 32.8 Å². The lowest BCUT2D eigenvalue weighted by atomic mass is 9.88. The third-order valence-corrected chi connectivity index (χ3v) is 3.61. The van der Waals surface area contributed by atoms with Crippen molar-refractivity contribution in [2.24, 2.45) is 5.92 Å². The first-order valence-electron chi connectivity index (χ1n) is 6.95. The maximum absolute atomic E-state index is 10.0. The molecular weight excluding hydrogens is 216 g/mol. The second-order valence-corrected chi connectivity index (χ2v) is 5.11. The van der Waals surface area contributed by atoms with E-state index >= 15 is 0 Å². The number of hydrogen-bond acceptors (Lipinski definition) is 4. The van der Waals surface area contributed by atoms with Crippen LogP contribution >= 0.6 is 0 Å². The molecule has 1 fully saturated rings. The molecule has 0 aromatic rings. The summed E-state index contributed by atoms with van der Waals surface area (Å²) >= 11 is 0. The van der Waals surface area contributed by atoms with Gasteiger partial charge in [0.25, 0.3) is 0 Å². The highest BCUT2D eigenvalue weighted by atomic mass is 16.3. The number of likely N-dealkylation sites (tertiary alicyclic amines) is 1. The van der Waals surface area contributed by atoms with E-state index in [4.69, 9.17) is 5.11 Å². The van der Waals surface area contributed by atoms with Crippen LogP contribution in [0.5, 0.6) is 0 Å². The fraction of sp³-hybridized carbons (Fsp3) is 1.00. The van der Waals surface area contributed by atoms with E-state index in [9.17, 15) is 5.11 Å². The molecular formula is C13H28N2O2. The molecule has 0 bridgehead atoms. The molecule has 0 radical (unpaired) electrons. The van der Waals surface area contributed by atoms with Crippen molar-refractivity contribution in [1.29, 1.82) is 0 Å². The number of aliphatic hydroxyl groups excluding tert-OH is 2. The van der Waals surface area contributed by atoms with E-state index in [0.717, 1.165) is 38.9 Å². The van der Waals surface area contributed by atoms with Crippen LogP contribution in [0.2, 0.25) is 0 Å². The number of hydrogen-bond donors (Lipinski definition) is 3. The van der Waals surface area contributed by atoms with Gasteiger partial charge >= 0.3 is 0 Å². The van der Waals surface area contributed by atoms with Gasteiger partial charge in [0.15, 0.2) is 0 Å². The Morgan fingerprint density at radius 3 is 2.71 bits per heavy atom. The van der Waals surface area contributed by atoms with Crippen molar-refractivity contribution in [2.45, 2.75) is 45.3 Å². The minimum absolute atomic E-state index is 0.186. The molecule has 4 nitrogen and oxygen atoms in total. The van der Waals surface area contributed by atoms with Crippen LogP contribution in [0, 0.1) is 5.92 Å². The average Bonchev–Trinajstić information content (AvgIpc) is 2.35. The minimum Gasteiger partial charge on any atom is -0.395 e. The van der Waals surface area contributed by atoms with E-state index in [1.807, 2.05) is 6.92 Å². The molecule has 0 saturated carbocycles. The maximum atomic E-state index is 10.0. The van der Waals surface area contributed by atoms with Crippen LogP contribution < -0.4 is 5.32 Å². The van der Waals surface area contributed by atoms with Gasteiger partial charge in [-0.25, -0.2) is 0 Å². The molecule has 1 saturated heterocycles. The molecule has 17 heavy (non-hydrogen) atoms. The van der Waals surface area contributed by atoms with E-state index in [-0.39, 0.29) is 12.7 Å². The van der Waals surface area contributed by atoms with Crippen LogP contribution in [0.4, 0.5) is 0 Å². The Morgan fingerprint density at radius 2 is 2.12 bits per heavy atom. The summed E-state index contributed by atoms with van der Waals surface area (Å²) in [6.45, 7) is 8.23. The summed E-state index contributed by atoms with van der Waals surface area (Å²) < 4.78 is 0. The van der Waals surface area contributed by atoms with Gasteiger partial charge in [-0.15, -0.1) is 0 Å². The fourth-order valence-electron chi connectivity index (χ4n) is 2.76. The quantitative estimate of drug-likeness (QED) is 0.608. The molecule has 3 N–H and O–H groups in total. The Morgan fingerprint density at radius 1 is 1.35 bits per heavy atom. The molecule has 4 heteroatoms. The van der Waals surface area contributed by atoms with Crippen LogP contribution in [0.25, 0.3) is 0 Å². The van der Waals surface area contributed by atoms with Crippen LogP contribution in [0.1, 0.15) is 33.1 Å². The summed E-state index contributed by atoms with van der Waals surface area (Å²) in [6, 6.07) is 0.411. The fourth-order valence-corrected chi connectivity index (χ4v) is 2.76.